The van der Waals surface area contributed by atoms with Gasteiger partial charge in [-0.25, -0.2) is 4.99 Å². The summed E-state index contributed by atoms with van der Waals surface area (Å²) in [5, 5.41) is 3.24. The van der Waals surface area contributed by atoms with E-state index < -0.39 is 0 Å². The Hall–Kier alpha value is -2.24. The average molecular weight is 334 g/mol. The van der Waals surface area contributed by atoms with Crippen molar-refractivity contribution in [3.63, 3.8) is 0 Å². The number of nitrogens with one attached hydrogen (secondary N) is 1. The van der Waals surface area contributed by atoms with Crippen LogP contribution in [0.4, 0.5) is 0 Å². The third-order valence-electron chi connectivity index (χ3n) is 3.76. The molecular formula is C18H30N4O2. The molecule has 6 nitrogen and oxygen atoms in total. The molecule has 1 aromatic rings. The SMILES string of the molecule is CCNC(=NCc1ccc(OC)cc1)N(C)CC(=O)N(CC)CC. The van der Waals surface area contributed by atoms with E-state index in [0.717, 1.165) is 36.9 Å². The molecule has 6 heteroatoms. The van der Waals surface area contributed by atoms with Gasteiger partial charge in [0.25, 0.3) is 0 Å². The van der Waals surface area contributed by atoms with Crippen molar-refractivity contribution < 1.29 is 9.53 Å². The average Bonchev–Trinajstić information content (AvgIpc) is 2.60. The van der Waals surface area contributed by atoms with Gasteiger partial charge in [-0.1, -0.05) is 12.1 Å². The Morgan fingerprint density at radius 2 is 1.79 bits per heavy atom. The van der Waals surface area contributed by atoms with Crippen molar-refractivity contribution in [2.45, 2.75) is 27.3 Å². The second-order valence-corrected chi connectivity index (χ2v) is 5.44. The first-order valence-corrected chi connectivity index (χ1v) is 8.45. The minimum absolute atomic E-state index is 0.109. The Labute approximate surface area is 145 Å². The van der Waals surface area contributed by atoms with E-state index in [4.69, 9.17) is 4.74 Å². The maximum Gasteiger partial charge on any atom is 0.242 e. The summed E-state index contributed by atoms with van der Waals surface area (Å²) in [5.41, 5.74) is 1.09. The van der Waals surface area contributed by atoms with E-state index in [-0.39, 0.29) is 5.91 Å². The van der Waals surface area contributed by atoms with Gasteiger partial charge in [0.2, 0.25) is 5.91 Å². The zero-order valence-corrected chi connectivity index (χ0v) is 15.5. The second-order valence-electron chi connectivity index (χ2n) is 5.44. The topological polar surface area (TPSA) is 57.2 Å². The van der Waals surface area contributed by atoms with Crippen molar-refractivity contribution in [2.75, 3.05) is 40.3 Å². The zero-order valence-electron chi connectivity index (χ0n) is 15.5. The largest absolute Gasteiger partial charge is 0.497 e. The van der Waals surface area contributed by atoms with Crippen molar-refractivity contribution >= 4 is 11.9 Å². The Morgan fingerprint density at radius 3 is 2.29 bits per heavy atom. The maximum absolute atomic E-state index is 12.3. The van der Waals surface area contributed by atoms with Gasteiger partial charge in [0.05, 0.1) is 20.2 Å². The van der Waals surface area contributed by atoms with Gasteiger partial charge >= 0.3 is 0 Å². The number of benzene rings is 1. The molecule has 0 aliphatic carbocycles. The third-order valence-corrected chi connectivity index (χ3v) is 3.76. The molecule has 0 spiro atoms. The molecule has 1 rings (SSSR count). The molecule has 0 saturated heterocycles. The van der Waals surface area contributed by atoms with Crippen LogP contribution < -0.4 is 10.1 Å². The van der Waals surface area contributed by atoms with Crippen LogP contribution in [0, 0.1) is 0 Å². The zero-order chi connectivity index (χ0) is 17.9. The number of guanidine groups is 1. The molecule has 0 fully saturated rings. The molecule has 0 radical (unpaired) electrons. The number of methoxy groups -OCH3 is 1. The van der Waals surface area contributed by atoms with E-state index >= 15 is 0 Å². The lowest BCUT2D eigenvalue weighted by molar-refractivity contribution is -0.131. The molecule has 0 heterocycles. The van der Waals surface area contributed by atoms with Crippen molar-refractivity contribution in [1.29, 1.82) is 0 Å². The predicted octanol–water partition coefficient (Wildman–Crippen LogP) is 1.96. The summed E-state index contributed by atoms with van der Waals surface area (Å²) in [7, 11) is 3.54. The third kappa shape index (κ3) is 6.10. The highest BCUT2D eigenvalue weighted by molar-refractivity contribution is 5.86. The Bertz CT molecular complexity index is 524. The van der Waals surface area contributed by atoms with Crippen LogP contribution in [0.15, 0.2) is 29.3 Å². The van der Waals surface area contributed by atoms with E-state index in [2.05, 4.69) is 10.3 Å². The molecule has 1 amide bonds. The fraction of sp³-hybridized carbons (Fsp3) is 0.556. The first kappa shape index (κ1) is 19.8. The number of aliphatic imine (C=N–C) groups is 1. The number of rotatable bonds is 8. The monoisotopic (exact) mass is 334 g/mol. The van der Waals surface area contributed by atoms with Gasteiger partial charge in [-0.3, -0.25) is 4.79 Å². The number of likely N-dealkylation sites (N-methyl/N-ethyl adjacent to an activating group) is 2. The molecule has 0 saturated carbocycles. The van der Waals surface area contributed by atoms with Gasteiger partial charge in [0.1, 0.15) is 5.75 Å². The lowest BCUT2D eigenvalue weighted by Crippen LogP contribution is -2.45. The van der Waals surface area contributed by atoms with Gasteiger partial charge < -0.3 is 19.9 Å². The minimum Gasteiger partial charge on any atom is -0.497 e. The predicted molar refractivity (Wildman–Crippen MR) is 98.4 cm³/mol. The van der Waals surface area contributed by atoms with Crippen LogP contribution in [0.25, 0.3) is 0 Å². The normalized spacial score (nSPS) is 11.1. The molecule has 1 N–H and O–H groups in total. The highest BCUT2D eigenvalue weighted by Gasteiger charge is 2.14. The molecule has 1 aromatic carbocycles. The molecule has 0 aromatic heterocycles. The summed E-state index contributed by atoms with van der Waals surface area (Å²) < 4.78 is 5.16. The van der Waals surface area contributed by atoms with Gasteiger partial charge in [-0.2, -0.15) is 0 Å². The second kappa shape index (κ2) is 10.5. The summed E-state index contributed by atoms with van der Waals surface area (Å²) in [4.78, 5) is 20.6. The summed E-state index contributed by atoms with van der Waals surface area (Å²) in [6.45, 7) is 9.07. The van der Waals surface area contributed by atoms with Crippen molar-refractivity contribution in [2.24, 2.45) is 4.99 Å². The van der Waals surface area contributed by atoms with Crippen LogP contribution in [-0.4, -0.2) is 62.0 Å². The minimum atomic E-state index is 0.109. The lowest BCUT2D eigenvalue weighted by atomic mass is 10.2. The van der Waals surface area contributed by atoms with Gasteiger partial charge in [-0.05, 0) is 38.5 Å². The number of hydrogen-bond acceptors (Lipinski definition) is 3. The fourth-order valence-corrected chi connectivity index (χ4v) is 2.32. The highest BCUT2D eigenvalue weighted by Crippen LogP contribution is 2.12. The van der Waals surface area contributed by atoms with E-state index in [0.29, 0.717) is 13.1 Å². The van der Waals surface area contributed by atoms with Crippen LogP contribution >= 0.6 is 0 Å². The van der Waals surface area contributed by atoms with Crippen LogP contribution in [-0.2, 0) is 11.3 Å². The summed E-state index contributed by atoms with van der Waals surface area (Å²) in [5.74, 6) is 1.67. The molecular weight excluding hydrogens is 304 g/mol. The van der Waals surface area contributed by atoms with E-state index in [9.17, 15) is 4.79 Å². The number of hydrogen-bond donors (Lipinski definition) is 1. The van der Waals surface area contributed by atoms with Crippen molar-refractivity contribution in [3.8, 4) is 5.75 Å². The van der Waals surface area contributed by atoms with Crippen molar-refractivity contribution in [3.05, 3.63) is 29.8 Å². The fourth-order valence-electron chi connectivity index (χ4n) is 2.32. The van der Waals surface area contributed by atoms with Crippen LogP contribution in [0.1, 0.15) is 26.3 Å². The number of ether oxygens (including phenoxy) is 1. The summed E-state index contributed by atoms with van der Waals surface area (Å²) in [6.07, 6.45) is 0. The van der Waals surface area contributed by atoms with E-state index in [1.54, 1.807) is 7.11 Å². The molecule has 0 unspecified atom stereocenters. The molecule has 0 atom stereocenters. The van der Waals surface area contributed by atoms with Gasteiger partial charge in [-0.15, -0.1) is 0 Å². The molecule has 0 aliphatic rings. The van der Waals surface area contributed by atoms with E-state index in [1.165, 1.54) is 0 Å². The van der Waals surface area contributed by atoms with Gasteiger partial charge in [0.15, 0.2) is 5.96 Å². The first-order valence-electron chi connectivity index (χ1n) is 8.45. The Kier molecular flexibility index (Phi) is 8.68. The molecule has 24 heavy (non-hydrogen) atoms. The number of amides is 1. The van der Waals surface area contributed by atoms with Crippen LogP contribution in [0.3, 0.4) is 0 Å². The maximum atomic E-state index is 12.3. The summed E-state index contributed by atoms with van der Waals surface area (Å²) in [6, 6.07) is 7.83. The van der Waals surface area contributed by atoms with E-state index in [1.807, 2.05) is 61.9 Å². The van der Waals surface area contributed by atoms with Crippen LogP contribution in [0.5, 0.6) is 5.75 Å². The van der Waals surface area contributed by atoms with Gasteiger partial charge in [0, 0.05) is 26.7 Å². The lowest BCUT2D eigenvalue weighted by Gasteiger charge is -2.25. The first-order chi connectivity index (χ1) is 11.5. The Balaban J connectivity index is 2.74. The van der Waals surface area contributed by atoms with Crippen LogP contribution in [0.2, 0.25) is 0 Å². The number of carbonyl (C=O) groups excluding carboxylic acids is 1. The Morgan fingerprint density at radius 1 is 1.17 bits per heavy atom. The summed E-state index contributed by atoms with van der Waals surface area (Å²) >= 11 is 0. The standard InChI is InChI=1S/C18H30N4O2/c1-6-19-18(21(4)14-17(23)22(7-2)8-3)20-13-15-9-11-16(24-5)12-10-15/h9-12H,6-8,13-14H2,1-5H3,(H,19,20). The highest BCUT2D eigenvalue weighted by atomic mass is 16.5. The number of nitrogens with zero attached hydrogens (tertiary/aromatic N) is 3. The molecule has 0 aliphatic heterocycles. The van der Waals surface area contributed by atoms with Crippen molar-refractivity contribution in [1.82, 2.24) is 15.1 Å². The molecule has 134 valence electrons. The smallest absolute Gasteiger partial charge is 0.242 e. The number of carbonyl (C=O) groups is 1. The quantitative estimate of drug-likeness (QED) is 0.583. The molecule has 0 bridgehead atoms.